The van der Waals surface area contributed by atoms with Crippen LogP contribution in [-0.2, 0) is 14.3 Å². The fraction of sp³-hybridized carbons (Fsp3) is 0.500. The lowest BCUT2D eigenvalue weighted by molar-refractivity contribution is -0.154. The molecule has 0 aliphatic rings. The number of rotatable bonds is 12. The second-order valence-electron chi connectivity index (χ2n) is 9.81. The lowest BCUT2D eigenvalue weighted by atomic mass is 9.80. The third-order valence-corrected chi connectivity index (χ3v) is 6.44. The maximum Gasteiger partial charge on any atom is 0.326 e. The average Bonchev–Trinajstić information content (AvgIpc) is 2.85. The first kappa shape index (κ1) is 30.5. The minimum Gasteiger partial charge on any atom is -0.493 e. The number of hydrogen-bond acceptors (Lipinski definition) is 7. The van der Waals surface area contributed by atoms with Gasteiger partial charge in [-0.15, -0.1) is 0 Å². The minimum atomic E-state index is -1.24. The summed E-state index contributed by atoms with van der Waals surface area (Å²) in [4.78, 5) is 43.5. The molecule has 0 saturated carbocycles. The summed E-state index contributed by atoms with van der Waals surface area (Å²) in [5.41, 5.74) is 1.31. The lowest BCUT2D eigenvalue weighted by Gasteiger charge is -2.39. The van der Waals surface area contributed by atoms with Crippen LogP contribution in [0.2, 0.25) is 0 Å². The van der Waals surface area contributed by atoms with Crippen LogP contribution in [0.25, 0.3) is 0 Å². The summed E-state index contributed by atoms with van der Waals surface area (Å²) in [6, 6.07) is 4.03. The number of carbonyl (C=O) groups is 3. The van der Waals surface area contributed by atoms with E-state index in [1.807, 2.05) is 13.8 Å². The van der Waals surface area contributed by atoms with Gasteiger partial charge < -0.3 is 24.2 Å². The summed E-state index contributed by atoms with van der Waals surface area (Å²) in [6.45, 7) is 11.7. The summed E-state index contributed by atoms with van der Waals surface area (Å²) in [5, 5.41) is 9.93. The molecule has 1 aromatic carbocycles. The summed E-state index contributed by atoms with van der Waals surface area (Å²) in [5.74, 6) is -3.45. The van der Waals surface area contributed by atoms with Gasteiger partial charge in [0, 0.05) is 24.2 Å². The summed E-state index contributed by atoms with van der Waals surface area (Å²) in [7, 11) is 1.38. The second-order valence-corrected chi connectivity index (χ2v) is 9.81. The Morgan fingerprint density at radius 1 is 1.08 bits per heavy atom. The molecule has 208 valence electrons. The molecule has 1 amide bonds. The van der Waals surface area contributed by atoms with Gasteiger partial charge in [0.15, 0.2) is 17.2 Å². The van der Waals surface area contributed by atoms with Gasteiger partial charge in [-0.1, -0.05) is 33.8 Å². The first-order valence-electron chi connectivity index (χ1n) is 12.5. The fourth-order valence-corrected chi connectivity index (χ4v) is 4.51. The Bertz CT molecular complexity index is 1150. The number of carbonyl (C=O) groups excluding carboxylic acids is 2. The van der Waals surface area contributed by atoms with Crippen LogP contribution in [0.4, 0.5) is 4.39 Å². The fourth-order valence-electron chi connectivity index (χ4n) is 4.51. The number of aliphatic carboxylic acids is 1. The van der Waals surface area contributed by atoms with Crippen LogP contribution < -0.4 is 9.47 Å². The molecule has 0 aliphatic heterocycles. The molecule has 2 rings (SSSR count). The van der Waals surface area contributed by atoms with Gasteiger partial charge in [0.1, 0.15) is 11.9 Å². The van der Waals surface area contributed by atoms with Crippen LogP contribution in [-0.4, -0.2) is 58.8 Å². The van der Waals surface area contributed by atoms with Crippen molar-refractivity contribution in [3.05, 3.63) is 53.1 Å². The van der Waals surface area contributed by atoms with Crippen molar-refractivity contribution in [3.63, 3.8) is 0 Å². The van der Waals surface area contributed by atoms with Crippen molar-refractivity contribution in [2.24, 2.45) is 11.8 Å². The van der Waals surface area contributed by atoms with Gasteiger partial charge in [-0.2, -0.15) is 0 Å². The van der Waals surface area contributed by atoms with Gasteiger partial charge in [-0.05, 0) is 49.9 Å². The van der Waals surface area contributed by atoms with Crippen molar-refractivity contribution in [1.29, 1.82) is 0 Å². The molecule has 10 heteroatoms. The van der Waals surface area contributed by atoms with E-state index in [0.29, 0.717) is 5.56 Å². The highest BCUT2D eigenvalue weighted by atomic mass is 19.1. The van der Waals surface area contributed by atoms with E-state index < -0.39 is 36.7 Å². The van der Waals surface area contributed by atoms with Gasteiger partial charge >= 0.3 is 11.9 Å². The van der Waals surface area contributed by atoms with Gasteiger partial charge in [-0.25, -0.2) is 14.2 Å². The molecule has 0 radical (unpaired) electrons. The number of aryl methyl sites for hydroxylation is 1. The first-order valence-corrected chi connectivity index (χ1v) is 12.5. The maximum atomic E-state index is 14.0. The highest BCUT2D eigenvalue weighted by molar-refractivity contribution is 5.98. The standard InChI is InChI=1S/C28H37FN2O7/c1-15(2)23(21-10-9-20(29)13-17(21)5)18(6)31(19(7)27(33)34)26(32)24-25(22(36-8)11-12-30-24)37-14-38-28(35)16(3)4/h9-13,15-16,18-19,23H,14H2,1-8H3,(H,33,34)/t18-,19-,23+/m0/s1. The van der Waals surface area contributed by atoms with Gasteiger partial charge in [0.05, 0.1) is 13.0 Å². The molecule has 1 N–H and O–H groups in total. The van der Waals surface area contributed by atoms with Crippen LogP contribution in [0.5, 0.6) is 11.5 Å². The molecule has 0 fully saturated rings. The third kappa shape index (κ3) is 6.99. The van der Waals surface area contributed by atoms with Crippen molar-refractivity contribution in [3.8, 4) is 11.5 Å². The van der Waals surface area contributed by atoms with Crippen LogP contribution in [0.15, 0.2) is 30.5 Å². The topological polar surface area (TPSA) is 115 Å². The number of aromatic nitrogens is 1. The number of ether oxygens (including phenoxy) is 3. The predicted molar refractivity (Wildman–Crippen MR) is 139 cm³/mol. The summed E-state index contributed by atoms with van der Waals surface area (Å²) < 4.78 is 29.9. The van der Waals surface area contributed by atoms with Crippen LogP contribution >= 0.6 is 0 Å². The zero-order valence-corrected chi connectivity index (χ0v) is 23.1. The highest BCUT2D eigenvalue weighted by Gasteiger charge is 2.39. The molecule has 0 unspecified atom stereocenters. The van der Waals surface area contributed by atoms with Crippen molar-refractivity contribution >= 4 is 17.8 Å². The van der Waals surface area contributed by atoms with Crippen molar-refractivity contribution in [1.82, 2.24) is 9.88 Å². The largest absolute Gasteiger partial charge is 0.493 e. The Morgan fingerprint density at radius 2 is 1.74 bits per heavy atom. The molecule has 1 aromatic heterocycles. The van der Waals surface area contributed by atoms with Crippen LogP contribution in [0.1, 0.15) is 69.1 Å². The number of carboxylic acid groups (broad SMARTS) is 1. The van der Waals surface area contributed by atoms with E-state index in [-0.39, 0.29) is 40.8 Å². The minimum absolute atomic E-state index is 0.0325. The number of benzene rings is 1. The molecule has 38 heavy (non-hydrogen) atoms. The van der Waals surface area contributed by atoms with E-state index >= 15 is 0 Å². The molecule has 1 heterocycles. The van der Waals surface area contributed by atoms with Gasteiger partial charge in [0.2, 0.25) is 6.79 Å². The Kier molecular flexibility index (Phi) is 10.6. The number of esters is 1. The Balaban J connectivity index is 2.58. The monoisotopic (exact) mass is 532 g/mol. The quantitative estimate of drug-likeness (QED) is 0.306. The van der Waals surface area contributed by atoms with Crippen molar-refractivity contribution < 1.29 is 38.1 Å². The van der Waals surface area contributed by atoms with Crippen molar-refractivity contribution in [2.45, 2.75) is 66.5 Å². The number of hydrogen-bond donors (Lipinski definition) is 1. The van der Waals surface area contributed by atoms with Crippen molar-refractivity contribution in [2.75, 3.05) is 13.9 Å². The predicted octanol–water partition coefficient (Wildman–Crippen LogP) is 4.82. The molecular weight excluding hydrogens is 495 g/mol. The average molecular weight is 533 g/mol. The normalized spacial score (nSPS) is 13.6. The zero-order valence-electron chi connectivity index (χ0n) is 23.1. The molecule has 9 nitrogen and oxygen atoms in total. The number of pyridine rings is 1. The SMILES string of the molecule is COc1ccnc(C(=O)N([C@@H](C)C(=O)O)[C@@H](C)[C@H](c2ccc(F)cc2C)C(C)C)c1OCOC(=O)C(C)C. The van der Waals surface area contributed by atoms with E-state index in [4.69, 9.17) is 14.2 Å². The number of halogens is 1. The number of nitrogens with zero attached hydrogens (tertiary/aromatic N) is 2. The van der Waals surface area contributed by atoms with E-state index in [1.54, 1.807) is 33.8 Å². The third-order valence-electron chi connectivity index (χ3n) is 6.44. The van der Waals surface area contributed by atoms with Gasteiger partial charge in [0.25, 0.3) is 5.91 Å². The molecular formula is C28H37FN2O7. The van der Waals surface area contributed by atoms with Gasteiger partial charge in [-0.3, -0.25) is 9.59 Å². The lowest BCUT2D eigenvalue weighted by Crippen LogP contribution is -2.51. The van der Waals surface area contributed by atoms with E-state index in [0.717, 1.165) is 5.56 Å². The Hall–Kier alpha value is -3.69. The summed E-state index contributed by atoms with van der Waals surface area (Å²) in [6.07, 6.45) is 1.34. The Labute approximate surface area is 222 Å². The molecule has 0 spiro atoms. The number of carboxylic acids is 1. The first-order chi connectivity index (χ1) is 17.8. The number of methoxy groups -OCH3 is 1. The highest BCUT2D eigenvalue weighted by Crippen LogP contribution is 2.37. The van der Waals surface area contributed by atoms with E-state index in [9.17, 15) is 23.9 Å². The molecule has 0 bridgehead atoms. The molecule has 0 aliphatic carbocycles. The zero-order chi connectivity index (χ0) is 28.7. The summed E-state index contributed by atoms with van der Waals surface area (Å²) >= 11 is 0. The number of amides is 1. The maximum absolute atomic E-state index is 14.0. The van der Waals surface area contributed by atoms with E-state index in [2.05, 4.69) is 4.98 Å². The molecule has 2 aromatic rings. The van der Waals surface area contributed by atoms with Crippen LogP contribution in [0.3, 0.4) is 0 Å². The van der Waals surface area contributed by atoms with E-state index in [1.165, 1.54) is 43.3 Å². The Morgan fingerprint density at radius 3 is 2.26 bits per heavy atom. The second kappa shape index (κ2) is 13.2. The van der Waals surface area contributed by atoms with Crippen LogP contribution in [0, 0.1) is 24.6 Å². The molecule has 0 saturated heterocycles. The smallest absolute Gasteiger partial charge is 0.326 e. The molecule has 3 atom stereocenters.